The van der Waals surface area contributed by atoms with Gasteiger partial charge >= 0.3 is 0 Å². The molecule has 3 aromatic rings. The highest BCUT2D eigenvalue weighted by Crippen LogP contribution is 2.45. The van der Waals surface area contributed by atoms with Crippen LogP contribution in [0.3, 0.4) is 0 Å². The lowest BCUT2D eigenvalue weighted by molar-refractivity contribution is -0.180. The second-order valence-electron chi connectivity index (χ2n) is 10.9. The molecule has 1 saturated heterocycles. The van der Waals surface area contributed by atoms with Crippen LogP contribution in [0.4, 0.5) is 10.1 Å². The van der Waals surface area contributed by atoms with Gasteiger partial charge < -0.3 is 14.4 Å². The molecule has 1 heterocycles. The summed E-state index contributed by atoms with van der Waals surface area (Å²) in [5.74, 6) is -1.03. The van der Waals surface area contributed by atoms with Gasteiger partial charge in [0, 0.05) is 16.5 Å². The lowest BCUT2D eigenvalue weighted by atomic mass is 9.89. The number of anilines is 1. The van der Waals surface area contributed by atoms with E-state index in [1.165, 1.54) is 18.2 Å². The smallest absolute Gasteiger partial charge is 0.252 e. The number of hydrogen-bond donors (Lipinski definition) is 0. The molecule has 0 aromatic heterocycles. The van der Waals surface area contributed by atoms with Gasteiger partial charge in [-0.1, -0.05) is 66.5 Å². The fraction of sp³-hybridized carbons (Fsp3) is 0.375. The highest BCUT2D eigenvalue weighted by Gasteiger charge is 2.48. The maximum Gasteiger partial charge on any atom is 0.252 e. The largest absolute Gasteiger partial charge is 0.358 e. The minimum absolute atomic E-state index is 0.0551. The minimum Gasteiger partial charge on any atom is -0.358 e. The number of halogens is 3. The number of aldehydes is 1. The molecular formula is C32H33Cl2FN2O5S. The Balaban J connectivity index is 1.64. The Labute approximate surface area is 261 Å². The first-order valence-electron chi connectivity index (χ1n) is 14.3. The Hall–Kier alpha value is -2.98. The van der Waals surface area contributed by atoms with Crippen molar-refractivity contribution in [2.75, 3.05) is 10.8 Å². The van der Waals surface area contributed by atoms with E-state index in [1.807, 2.05) is 25.1 Å². The van der Waals surface area contributed by atoms with Gasteiger partial charge in [0.05, 0.1) is 29.6 Å². The summed E-state index contributed by atoms with van der Waals surface area (Å²) in [6.45, 7) is 1.71. The summed E-state index contributed by atoms with van der Waals surface area (Å²) >= 11 is 12.6. The molecule has 228 valence electrons. The van der Waals surface area contributed by atoms with E-state index in [2.05, 4.69) is 0 Å². The zero-order chi connectivity index (χ0) is 30.7. The van der Waals surface area contributed by atoms with Crippen LogP contribution >= 0.6 is 23.2 Å². The predicted molar refractivity (Wildman–Crippen MR) is 165 cm³/mol. The zero-order valence-electron chi connectivity index (χ0n) is 23.6. The SMILES string of the molecule is CCC(CN(c1ccccc1F)S(=O)(=O)C1CC1)N1C(=O)[C@H](CCC=O)O[C@H](c2cccc(Cl)c2)[C@H]1c1ccc(Cl)cc1. The first-order valence-corrected chi connectivity index (χ1v) is 16.6. The van der Waals surface area contributed by atoms with Gasteiger partial charge in [0.1, 0.15) is 24.3 Å². The van der Waals surface area contributed by atoms with E-state index in [0.717, 1.165) is 16.2 Å². The molecule has 0 spiro atoms. The van der Waals surface area contributed by atoms with Crippen molar-refractivity contribution in [2.45, 2.75) is 68.6 Å². The van der Waals surface area contributed by atoms with Gasteiger partial charge in [0.2, 0.25) is 10.0 Å². The predicted octanol–water partition coefficient (Wildman–Crippen LogP) is 6.90. The molecule has 1 amide bonds. The van der Waals surface area contributed by atoms with Crippen LogP contribution in [0.1, 0.15) is 62.3 Å². The Morgan fingerprint density at radius 1 is 1.02 bits per heavy atom. The lowest BCUT2D eigenvalue weighted by Crippen LogP contribution is -2.57. The summed E-state index contributed by atoms with van der Waals surface area (Å²) in [4.78, 5) is 27.3. The topological polar surface area (TPSA) is 84.0 Å². The summed E-state index contributed by atoms with van der Waals surface area (Å²) in [6, 6.07) is 18.6. The van der Waals surface area contributed by atoms with Gasteiger partial charge in [-0.05, 0) is 73.2 Å². The number of hydrogen-bond acceptors (Lipinski definition) is 5. The number of benzene rings is 3. The third kappa shape index (κ3) is 6.75. The molecular weight excluding hydrogens is 614 g/mol. The molecule has 0 radical (unpaired) electrons. The van der Waals surface area contributed by atoms with Crippen molar-refractivity contribution in [3.63, 3.8) is 0 Å². The van der Waals surface area contributed by atoms with Gasteiger partial charge in [0.15, 0.2) is 0 Å². The number of amides is 1. The maximum atomic E-state index is 15.2. The molecule has 2 fully saturated rings. The Morgan fingerprint density at radius 3 is 2.37 bits per heavy atom. The monoisotopic (exact) mass is 646 g/mol. The highest BCUT2D eigenvalue weighted by atomic mass is 35.5. The molecule has 7 nitrogen and oxygen atoms in total. The van der Waals surface area contributed by atoms with Crippen LogP contribution in [0.25, 0.3) is 0 Å². The van der Waals surface area contributed by atoms with Gasteiger partial charge in [-0.2, -0.15) is 0 Å². The van der Waals surface area contributed by atoms with E-state index in [1.54, 1.807) is 41.3 Å². The molecule has 1 unspecified atom stereocenters. The standard InChI is InChI=1S/C32H33Cl2FN2O5S/c1-2-25(20-36(43(40,41)26-16-17-26)28-10-4-3-9-27(28)35)37-30(21-12-14-23(33)15-13-21)31(22-7-5-8-24(34)19-22)42-29(32(37)39)11-6-18-38/h3-5,7-10,12-15,18-19,25-26,29-31H,2,6,11,16-17,20H2,1H3/t25?,29-,30+,31+/m0/s1. The number of carbonyl (C=O) groups is 2. The molecule has 0 N–H and O–H groups in total. The van der Waals surface area contributed by atoms with Crippen LogP contribution in [0.5, 0.6) is 0 Å². The van der Waals surface area contributed by atoms with Crippen molar-refractivity contribution >= 4 is 51.1 Å². The van der Waals surface area contributed by atoms with E-state index in [0.29, 0.717) is 34.9 Å². The fourth-order valence-electron chi connectivity index (χ4n) is 5.66. The number of ether oxygens (including phenoxy) is 1. The Morgan fingerprint density at radius 2 is 1.74 bits per heavy atom. The quantitative estimate of drug-likeness (QED) is 0.200. The second kappa shape index (κ2) is 13.3. The summed E-state index contributed by atoms with van der Waals surface area (Å²) in [5, 5.41) is 0.392. The Kier molecular flexibility index (Phi) is 9.76. The van der Waals surface area contributed by atoms with Crippen molar-refractivity contribution in [1.29, 1.82) is 0 Å². The molecule has 43 heavy (non-hydrogen) atoms. The van der Waals surface area contributed by atoms with Gasteiger partial charge in [-0.15, -0.1) is 0 Å². The fourth-order valence-corrected chi connectivity index (χ4v) is 7.88. The molecule has 11 heteroatoms. The number of sulfonamides is 1. The van der Waals surface area contributed by atoms with E-state index in [4.69, 9.17) is 27.9 Å². The van der Waals surface area contributed by atoms with Crippen molar-refractivity contribution in [3.05, 3.63) is 99.8 Å². The molecule has 3 aromatic carbocycles. The summed E-state index contributed by atoms with van der Waals surface area (Å²) < 4.78 is 50.2. The number of morpholine rings is 1. The average molecular weight is 648 g/mol. The third-order valence-electron chi connectivity index (χ3n) is 7.98. The van der Waals surface area contributed by atoms with Crippen LogP contribution in [-0.4, -0.2) is 49.5 Å². The van der Waals surface area contributed by atoms with Crippen LogP contribution in [0.15, 0.2) is 72.8 Å². The molecule has 4 atom stereocenters. The van der Waals surface area contributed by atoms with Crippen molar-refractivity contribution < 1.29 is 27.1 Å². The van der Waals surface area contributed by atoms with E-state index >= 15 is 4.39 Å². The molecule has 1 aliphatic carbocycles. The normalized spacial score (nSPS) is 21.4. The Bertz CT molecular complexity index is 1570. The van der Waals surface area contributed by atoms with Crippen LogP contribution in [-0.2, 0) is 24.3 Å². The van der Waals surface area contributed by atoms with E-state index in [-0.39, 0.29) is 31.0 Å². The van der Waals surface area contributed by atoms with Gasteiger partial charge in [0.25, 0.3) is 5.91 Å². The highest BCUT2D eigenvalue weighted by molar-refractivity contribution is 7.93. The number of nitrogens with zero attached hydrogens (tertiary/aromatic N) is 2. The van der Waals surface area contributed by atoms with E-state index < -0.39 is 45.4 Å². The summed E-state index contributed by atoms with van der Waals surface area (Å²) in [5.41, 5.74) is 1.38. The van der Waals surface area contributed by atoms with Crippen molar-refractivity contribution in [2.24, 2.45) is 0 Å². The van der Waals surface area contributed by atoms with Crippen LogP contribution in [0.2, 0.25) is 10.0 Å². The van der Waals surface area contributed by atoms with Gasteiger partial charge in [-0.3, -0.25) is 9.10 Å². The number of carbonyl (C=O) groups excluding carboxylic acids is 2. The van der Waals surface area contributed by atoms with Crippen LogP contribution in [0, 0.1) is 5.82 Å². The molecule has 1 aliphatic heterocycles. The molecule has 0 bridgehead atoms. The zero-order valence-corrected chi connectivity index (χ0v) is 25.9. The van der Waals surface area contributed by atoms with Gasteiger partial charge in [-0.25, -0.2) is 12.8 Å². The summed E-state index contributed by atoms with van der Waals surface area (Å²) in [7, 11) is -3.91. The summed E-state index contributed by atoms with van der Waals surface area (Å²) in [6.07, 6.45) is 0.684. The lowest BCUT2D eigenvalue weighted by Gasteiger charge is -2.49. The van der Waals surface area contributed by atoms with E-state index in [9.17, 15) is 18.0 Å². The van der Waals surface area contributed by atoms with Crippen molar-refractivity contribution in [1.82, 2.24) is 4.90 Å². The third-order valence-corrected chi connectivity index (χ3v) is 10.7. The van der Waals surface area contributed by atoms with Crippen molar-refractivity contribution in [3.8, 4) is 0 Å². The number of rotatable bonds is 12. The average Bonchev–Trinajstić information content (AvgIpc) is 3.85. The molecule has 1 saturated carbocycles. The minimum atomic E-state index is -3.91. The first-order chi connectivity index (χ1) is 20.6. The number of para-hydroxylation sites is 1. The maximum absolute atomic E-state index is 15.2. The first kappa shape index (κ1) is 31.4. The molecule has 2 aliphatic rings. The van der Waals surface area contributed by atoms with Crippen LogP contribution < -0.4 is 4.31 Å². The molecule has 5 rings (SSSR count). The second-order valence-corrected chi connectivity index (χ2v) is 13.9.